The molecule has 12 aromatic carbocycles. The van der Waals surface area contributed by atoms with E-state index in [1.807, 2.05) is 0 Å². The van der Waals surface area contributed by atoms with Crippen molar-refractivity contribution in [1.29, 1.82) is 0 Å². The van der Waals surface area contributed by atoms with E-state index in [1.54, 1.807) is 0 Å². The van der Waals surface area contributed by atoms with E-state index in [4.69, 9.17) is 9.97 Å². The summed E-state index contributed by atoms with van der Waals surface area (Å²) in [6.07, 6.45) is 0. The smallest absolute Gasteiger partial charge is 0.161 e. The van der Waals surface area contributed by atoms with Crippen molar-refractivity contribution in [3.05, 3.63) is 249 Å². The van der Waals surface area contributed by atoms with Crippen LogP contribution in [0.2, 0.25) is 0 Å². The molecule has 0 aliphatic rings. The highest BCUT2D eigenvalue weighted by Crippen LogP contribution is 2.42. The van der Waals surface area contributed by atoms with Crippen molar-refractivity contribution < 1.29 is 0 Å². The number of aromatic nitrogens is 5. The Morgan fingerprint density at radius 2 is 0.822 bits per heavy atom. The molecule has 4 heterocycles. The summed E-state index contributed by atoms with van der Waals surface area (Å²) in [6, 6.07) is 90.4. The fourth-order valence-electron chi connectivity index (χ4n) is 12.1. The summed E-state index contributed by atoms with van der Waals surface area (Å²) in [5.74, 6) is 0.701. The monoisotopic (exact) mass is 927 g/mol. The second kappa shape index (κ2) is 15.3. The van der Waals surface area contributed by atoms with Crippen molar-refractivity contribution in [2.24, 2.45) is 0 Å². The Hall–Kier alpha value is -9.84. The van der Waals surface area contributed by atoms with E-state index < -0.39 is 0 Å². The van der Waals surface area contributed by atoms with Crippen molar-refractivity contribution in [2.45, 2.75) is 0 Å². The molecule has 0 radical (unpaired) electrons. The number of hydrogen-bond donors (Lipinski definition) is 0. The Labute approximate surface area is 418 Å². The zero-order valence-electron chi connectivity index (χ0n) is 39.4. The topological polar surface area (TPSA) is 40.6 Å². The van der Waals surface area contributed by atoms with Crippen LogP contribution in [-0.2, 0) is 0 Å². The first-order valence-corrected chi connectivity index (χ1v) is 25.0. The average molecular weight is 928 g/mol. The van der Waals surface area contributed by atoms with Crippen molar-refractivity contribution in [3.63, 3.8) is 0 Å². The Bertz CT molecular complexity index is 4980. The lowest BCUT2D eigenvalue weighted by molar-refractivity contribution is 1.18. The molecule has 0 saturated heterocycles. The molecule has 0 amide bonds. The number of hydrogen-bond acceptors (Lipinski definition) is 2. The number of benzene rings is 12. The van der Waals surface area contributed by atoms with E-state index in [-0.39, 0.29) is 0 Å². The molecule has 0 N–H and O–H groups in total. The van der Waals surface area contributed by atoms with Gasteiger partial charge in [0.1, 0.15) is 0 Å². The molecular formula is C68H41N5. The second-order valence-electron chi connectivity index (χ2n) is 19.3. The molecule has 0 fully saturated rings. The van der Waals surface area contributed by atoms with Gasteiger partial charge in [0.15, 0.2) is 5.82 Å². The predicted octanol–water partition coefficient (Wildman–Crippen LogP) is 17.7. The highest BCUT2D eigenvalue weighted by atomic mass is 15.0. The van der Waals surface area contributed by atoms with Gasteiger partial charge >= 0.3 is 0 Å². The molecule has 0 aliphatic heterocycles. The summed E-state index contributed by atoms with van der Waals surface area (Å²) in [6.45, 7) is 0. The summed E-state index contributed by atoms with van der Waals surface area (Å²) >= 11 is 0. The maximum Gasteiger partial charge on any atom is 0.161 e. The van der Waals surface area contributed by atoms with E-state index in [0.29, 0.717) is 5.82 Å². The van der Waals surface area contributed by atoms with Crippen molar-refractivity contribution >= 4 is 109 Å². The van der Waals surface area contributed by atoms with Gasteiger partial charge in [-0.3, -0.25) is 0 Å². The first-order valence-electron chi connectivity index (χ1n) is 25.0. The van der Waals surface area contributed by atoms with Crippen LogP contribution in [-0.4, -0.2) is 23.7 Å². The van der Waals surface area contributed by atoms with Gasteiger partial charge in [0.25, 0.3) is 0 Å². The van der Waals surface area contributed by atoms with Gasteiger partial charge in [-0.15, -0.1) is 0 Å². The van der Waals surface area contributed by atoms with Crippen LogP contribution >= 0.6 is 0 Å². The molecule has 16 aromatic rings. The van der Waals surface area contributed by atoms with E-state index in [2.05, 4.69) is 262 Å². The van der Waals surface area contributed by atoms with Crippen molar-refractivity contribution in [3.8, 4) is 39.7 Å². The van der Waals surface area contributed by atoms with Gasteiger partial charge in [0.05, 0.1) is 44.3 Å². The summed E-state index contributed by atoms with van der Waals surface area (Å²) in [5.41, 5.74) is 14.4. The molecule has 5 nitrogen and oxygen atoms in total. The van der Waals surface area contributed by atoms with Gasteiger partial charge < -0.3 is 13.7 Å². The minimum Gasteiger partial charge on any atom is -0.309 e. The Morgan fingerprint density at radius 1 is 0.260 bits per heavy atom. The third-order valence-electron chi connectivity index (χ3n) is 15.4. The number of nitrogens with zero attached hydrogens (tertiary/aromatic N) is 5. The Balaban J connectivity index is 0.838. The van der Waals surface area contributed by atoms with Crippen molar-refractivity contribution in [1.82, 2.24) is 23.7 Å². The molecule has 0 bridgehead atoms. The standard InChI is InChI=1S/C68H41N5/c1-2-17-47(18-3-1)71-61-26-11-7-20-52(61)55-34-31-45(41-64(55)71)66-58-23-6-10-25-60(58)69-68(70-66)57-24-14-16-44-37-48(33-36-50(44)57)72-62-27-12-9-22-54(62)59-39-46-38-49(32-29-43(46)40-65(59)72)73-63-28-13-8-21-53(63)56-35-30-42-15-4-5-19-51(42)67(56)73/h1-41H. The molecule has 0 aliphatic carbocycles. The Kier molecular flexibility index (Phi) is 8.39. The predicted molar refractivity (Wildman–Crippen MR) is 306 cm³/mol. The average Bonchev–Trinajstić information content (AvgIpc) is 4.09. The highest BCUT2D eigenvalue weighted by Gasteiger charge is 2.20. The molecule has 5 heteroatoms. The third-order valence-corrected chi connectivity index (χ3v) is 15.4. The lowest BCUT2D eigenvalue weighted by Gasteiger charge is -2.14. The van der Waals surface area contributed by atoms with Crippen LogP contribution in [0.3, 0.4) is 0 Å². The molecule has 16 rings (SSSR count). The summed E-state index contributed by atoms with van der Waals surface area (Å²) < 4.78 is 7.25. The van der Waals surface area contributed by atoms with Gasteiger partial charge in [-0.1, -0.05) is 170 Å². The fourth-order valence-corrected chi connectivity index (χ4v) is 12.1. The van der Waals surface area contributed by atoms with E-state index >= 15 is 0 Å². The van der Waals surface area contributed by atoms with E-state index in [0.717, 1.165) is 61.1 Å². The molecule has 0 atom stereocenters. The first kappa shape index (κ1) is 39.9. The van der Waals surface area contributed by atoms with E-state index in [1.165, 1.54) is 81.4 Å². The normalized spacial score (nSPS) is 12.1. The van der Waals surface area contributed by atoms with Gasteiger partial charge in [-0.25, -0.2) is 9.97 Å². The lowest BCUT2D eigenvalue weighted by Crippen LogP contribution is -1.98. The molecule has 0 unspecified atom stereocenters. The molecule has 0 saturated carbocycles. The molecule has 4 aromatic heterocycles. The lowest BCUT2D eigenvalue weighted by atomic mass is 10.0. The minimum absolute atomic E-state index is 0.701. The molecule has 73 heavy (non-hydrogen) atoms. The summed E-state index contributed by atoms with van der Waals surface area (Å²) in [5, 5.41) is 15.5. The molecular weight excluding hydrogens is 887 g/mol. The zero-order chi connectivity index (χ0) is 47.7. The van der Waals surface area contributed by atoms with Crippen molar-refractivity contribution in [2.75, 3.05) is 0 Å². The number of para-hydroxylation sites is 5. The largest absolute Gasteiger partial charge is 0.309 e. The van der Waals surface area contributed by atoms with Gasteiger partial charge in [-0.2, -0.15) is 0 Å². The van der Waals surface area contributed by atoms with E-state index in [9.17, 15) is 0 Å². The quantitative estimate of drug-likeness (QED) is 0.173. The van der Waals surface area contributed by atoms with Crippen LogP contribution < -0.4 is 0 Å². The van der Waals surface area contributed by atoms with Crippen LogP contribution in [0.25, 0.3) is 148 Å². The maximum absolute atomic E-state index is 5.48. The number of fused-ring (bicyclic) bond motifs is 14. The zero-order valence-corrected chi connectivity index (χ0v) is 39.4. The number of rotatable bonds is 5. The minimum atomic E-state index is 0.701. The summed E-state index contributed by atoms with van der Waals surface area (Å²) in [4.78, 5) is 10.7. The SMILES string of the molecule is c1ccc(-n2c3ccccc3c3ccc(-c4nc(-c5cccc6cc(-n7c8ccccc8c8cc9cc(-n%10c%11ccccc%11c%11ccc%12ccccc%12c%11%10)ccc9cc87)ccc56)nc5ccccc45)cc32)cc1. The molecule has 0 spiro atoms. The van der Waals surface area contributed by atoms with Crippen LogP contribution in [0.4, 0.5) is 0 Å². The summed E-state index contributed by atoms with van der Waals surface area (Å²) in [7, 11) is 0. The van der Waals surface area contributed by atoms with Crippen LogP contribution in [0, 0.1) is 0 Å². The van der Waals surface area contributed by atoms with Gasteiger partial charge in [0, 0.05) is 71.3 Å². The first-order chi connectivity index (χ1) is 36.2. The third kappa shape index (κ3) is 5.91. The van der Waals surface area contributed by atoms with Crippen LogP contribution in [0.15, 0.2) is 249 Å². The second-order valence-corrected chi connectivity index (χ2v) is 19.3. The van der Waals surface area contributed by atoms with Crippen LogP contribution in [0.1, 0.15) is 0 Å². The van der Waals surface area contributed by atoms with Gasteiger partial charge in [0.2, 0.25) is 0 Å². The maximum atomic E-state index is 5.48. The Morgan fingerprint density at radius 3 is 1.64 bits per heavy atom. The van der Waals surface area contributed by atoms with Gasteiger partial charge in [-0.05, 0) is 106 Å². The fraction of sp³-hybridized carbons (Fsp3) is 0. The highest BCUT2D eigenvalue weighted by molar-refractivity contribution is 6.19. The van der Waals surface area contributed by atoms with Crippen LogP contribution in [0.5, 0.6) is 0 Å². The molecule has 338 valence electrons.